The molecule has 0 bridgehead atoms. The second kappa shape index (κ2) is 6.19. The maximum absolute atomic E-state index is 12.1. The van der Waals surface area contributed by atoms with Crippen LogP contribution in [0.4, 0.5) is 5.69 Å². The highest BCUT2D eigenvalue weighted by Crippen LogP contribution is 2.25. The zero-order valence-electron chi connectivity index (χ0n) is 10.3. The Balaban J connectivity index is 2.19. The Morgan fingerprint density at radius 2 is 2.10 bits per heavy atom. The first-order chi connectivity index (χ1) is 9.88. The van der Waals surface area contributed by atoms with Gasteiger partial charge in [-0.05, 0) is 17.7 Å². The third-order valence-electron chi connectivity index (χ3n) is 2.55. The summed E-state index contributed by atoms with van der Waals surface area (Å²) in [5, 5.41) is 19.4. The summed E-state index contributed by atoms with van der Waals surface area (Å²) in [6, 6.07) is 6.67. The van der Waals surface area contributed by atoms with Crippen molar-refractivity contribution in [2.24, 2.45) is 0 Å². The number of nitro benzene ring substituents is 1. The van der Waals surface area contributed by atoms with Gasteiger partial charge in [-0.3, -0.25) is 14.3 Å². The van der Waals surface area contributed by atoms with Gasteiger partial charge < -0.3 is 9.52 Å². The summed E-state index contributed by atoms with van der Waals surface area (Å²) in [7, 11) is -1.59. The first-order valence-corrected chi connectivity index (χ1v) is 7.64. The molecule has 9 heteroatoms. The van der Waals surface area contributed by atoms with Crippen LogP contribution in [0.5, 0.6) is 0 Å². The third kappa shape index (κ3) is 3.56. The summed E-state index contributed by atoms with van der Waals surface area (Å²) < 4.78 is 17.5. The third-order valence-corrected chi connectivity index (χ3v) is 4.53. The average Bonchev–Trinajstić information content (AvgIpc) is 2.90. The van der Waals surface area contributed by atoms with Crippen LogP contribution in [-0.4, -0.2) is 20.2 Å². The van der Waals surface area contributed by atoms with E-state index in [1.807, 2.05) is 0 Å². The zero-order valence-corrected chi connectivity index (χ0v) is 12.7. The lowest BCUT2D eigenvalue weighted by molar-refractivity contribution is -0.384. The molecule has 2 rings (SSSR count). The van der Waals surface area contributed by atoms with Crippen LogP contribution in [0.2, 0.25) is 0 Å². The number of hydrogen-bond acceptors (Lipinski definition) is 5. The summed E-state index contributed by atoms with van der Waals surface area (Å²) in [5.41, 5.74) is 0.509. The fourth-order valence-corrected chi connectivity index (χ4v) is 3.31. The van der Waals surface area contributed by atoms with Crippen LogP contribution in [0.1, 0.15) is 16.1 Å². The van der Waals surface area contributed by atoms with Crippen LogP contribution in [0.15, 0.2) is 44.3 Å². The molecule has 0 saturated heterocycles. The molecule has 0 aliphatic carbocycles. The van der Waals surface area contributed by atoms with Crippen molar-refractivity contribution < 1.29 is 23.5 Å². The molecule has 1 heterocycles. The number of nitrogens with zero attached hydrogens (tertiary/aromatic N) is 1. The van der Waals surface area contributed by atoms with E-state index in [-0.39, 0.29) is 22.3 Å². The highest BCUT2D eigenvalue weighted by Gasteiger charge is 2.16. The summed E-state index contributed by atoms with van der Waals surface area (Å²) in [6.45, 7) is 0. The van der Waals surface area contributed by atoms with Gasteiger partial charge in [-0.2, -0.15) is 0 Å². The zero-order chi connectivity index (χ0) is 15.6. The van der Waals surface area contributed by atoms with Crippen molar-refractivity contribution in [2.45, 2.75) is 10.8 Å². The van der Waals surface area contributed by atoms with E-state index in [4.69, 9.17) is 9.52 Å². The molecule has 21 heavy (non-hydrogen) atoms. The lowest BCUT2D eigenvalue weighted by Crippen LogP contribution is -1.98. The molecule has 0 saturated carbocycles. The molecule has 1 aromatic heterocycles. The molecule has 110 valence electrons. The van der Waals surface area contributed by atoms with E-state index < -0.39 is 21.7 Å². The Labute approximate surface area is 129 Å². The van der Waals surface area contributed by atoms with E-state index in [9.17, 15) is 19.1 Å². The van der Waals surface area contributed by atoms with Crippen LogP contribution in [0.25, 0.3) is 0 Å². The molecule has 0 aliphatic rings. The number of rotatable bonds is 5. The number of nitro groups is 1. The van der Waals surface area contributed by atoms with Gasteiger partial charge >= 0.3 is 5.97 Å². The fourth-order valence-electron chi connectivity index (χ4n) is 1.54. The van der Waals surface area contributed by atoms with Crippen molar-refractivity contribution >= 4 is 38.4 Å². The van der Waals surface area contributed by atoms with Crippen molar-refractivity contribution in [3.63, 3.8) is 0 Å². The van der Waals surface area contributed by atoms with Gasteiger partial charge in [0.2, 0.25) is 5.76 Å². The van der Waals surface area contributed by atoms with Crippen LogP contribution < -0.4 is 0 Å². The van der Waals surface area contributed by atoms with Crippen molar-refractivity contribution in [3.05, 3.63) is 56.2 Å². The molecule has 2 aromatic rings. The Hall–Kier alpha value is -2.00. The molecule has 7 nitrogen and oxygen atoms in total. The standard InChI is InChI=1S/C12H8BrNO6S/c13-9-5-8(14(17)18)2-1-7(9)6-21(19)11-4-3-10(20-11)12(15)16/h1-5H,6H2,(H,15,16). The Morgan fingerprint density at radius 1 is 1.38 bits per heavy atom. The summed E-state index contributed by atoms with van der Waals surface area (Å²) in [5.74, 6) is -1.48. The minimum atomic E-state index is -1.59. The smallest absolute Gasteiger partial charge is 0.371 e. The number of benzene rings is 1. The lowest BCUT2D eigenvalue weighted by atomic mass is 10.2. The number of hydrogen-bond donors (Lipinski definition) is 1. The number of aromatic carboxylic acids is 1. The molecule has 1 unspecified atom stereocenters. The first-order valence-electron chi connectivity index (χ1n) is 5.53. The van der Waals surface area contributed by atoms with E-state index in [0.717, 1.165) is 0 Å². The SMILES string of the molecule is O=C(O)c1ccc(S(=O)Cc2ccc([N+](=O)[O-])cc2Br)o1. The summed E-state index contributed by atoms with van der Waals surface area (Å²) in [6.07, 6.45) is 0. The topological polar surface area (TPSA) is 111 Å². The van der Waals surface area contributed by atoms with E-state index in [1.54, 1.807) is 0 Å². The maximum atomic E-state index is 12.1. The normalized spacial score (nSPS) is 12.0. The lowest BCUT2D eigenvalue weighted by Gasteiger charge is -2.03. The van der Waals surface area contributed by atoms with Gasteiger partial charge in [-0.1, -0.05) is 22.0 Å². The minimum Gasteiger partial charge on any atom is -0.475 e. The Bertz CT molecular complexity index is 741. The van der Waals surface area contributed by atoms with Gasteiger partial charge in [-0.25, -0.2) is 4.79 Å². The van der Waals surface area contributed by atoms with E-state index in [2.05, 4.69) is 15.9 Å². The van der Waals surface area contributed by atoms with E-state index >= 15 is 0 Å². The largest absolute Gasteiger partial charge is 0.475 e. The highest BCUT2D eigenvalue weighted by molar-refractivity contribution is 9.10. The summed E-state index contributed by atoms with van der Waals surface area (Å²) in [4.78, 5) is 20.8. The maximum Gasteiger partial charge on any atom is 0.371 e. The molecule has 0 radical (unpaired) electrons. The molecular weight excluding hydrogens is 366 g/mol. The molecule has 0 spiro atoms. The molecular formula is C12H8BrNO6S. The van der Waals surface area contributed by atoms with Crippen LogP contribution in [0, 0.1) is 10.1 Å². The highest BCUT2D eigenvalue weighted by atomic mass is 79.9. The van der Waals surface area contributed by atoms with Gasteiger partial charge in [0.25, 0.3) is 5.69 Å². The van der Waals surface area contributed by atoms with Crippen LogP contribution >= 0.6 is 15.9 Å². The van der Waals surface area contributed by atoms with E-state index in [0.29, 0.717) is 10.0 Å². The average molecular weight is 374 g/mol. The van der Waals surface area contributed by atoms with E-state index in [1.165, 1.54) is 30.3 Å². The molecule has 1 N–H and O–H groups in total. The number of carbonyl (C=O) groups is 1. The van der Waals surface area contributed by atoms with Crippen molar-refractivity contribution in [3.8, 4) is 0 Å². The quantitative estimate of drug-likeness (QED) is 0.636. The van der Waals surface area contributed by atoms with Gasteiger partial charge in [0.05, 0.1) is 21.5 Å². The number of non-ortho nitro benzene ring substituents is 1. The van der Waals surface area contributed by atoms with Crippen LogP contribution in [-0.2, 0) is 16.6 Å². The van der Waals surface area contributed by atoms with Crippen molar-refractivity contribution in [2.75, 3.05) is 0 Å². The van der Waals surface area contributed by atoms with Gasteiger partial charge in [-0.15, -0.1) is 0 Å². The molecule has 0 amide bonds. The fraction of sp³-hybridized carbons (Fsp3) is 0.0833. The predicted molar refractivity (Wildman–Crippen MR) is 76.6 cm³/mol. The van der Waals surface area contributed by atoms with Crippen molar-refractivity contribution in [1.29, 1.82) is 0 Å². The second-order valence-corrected chi connectivity index (χ2v) is 6.18. The van der Waals surface area contributed by atoms with Crippen molar-refractivity contribution in [1.82, 2.24) is 0 Å². The first kappa shape index (κ1) is 15.4. The molecule has 1 aromatic carbocycles. The van der Waals surface area contributed by atoms with Gasteiger partial charge in [0.1, 0.15) is 0 Å². The Morgan fingerprint density at radius 3 is 2.62 bits per heavy atom. The number of halogens is 1. The van der Waals surface area contributed by atoms with Gasteiger partial charge in [0, 0.05) is 16.6 Å². The Kier molecular flexibility index (Phi) is 4.53. The molecule has 1 atom stereocenters. The minimum absolute atomic E-state index is 0.0395. The van der Waals surface area contributed by atoms with Gasteiger partial charge in [0.15, 0.2) is 5.09 Å². The van der Waals surface area contributed by atoms with Crippen LogP contribution in [0.3, 0.4) is 0 Å². The number of furan rings is 1. The molecule has 0 fully saturated rings. The number of carboxylic acids is 1. The number of carboxylic acid groups (broad SMARTS) is 1. The molecule has 0 aliphatic heterocycles. The predicted octanol–water partition coefficient (Wildman–Crippen LogP) is 2.96. The monoisotopic (exact) mass is 373 g/mol. The second-order valence-electron chi connectivity index (χ2n) is 3.95. The summed E-state index contributed by atoms with van der Waals surface area (Å²) >= 11 is 3.18.